The average Bonchev–Trinajstić information content (AvgIpc) is 3.01. The van der Waals surface area contributed by atoms with E-state index in [2.05, 4.69) is 129 Å². The monoisotopic (exact) mass is 954 g/mol. The van der Waals surface area contributed by atoms with Crippen LogP contribution in [0.1, 0.15) is 0 Å². The molecule has 0 amide bonds. The molecule has 0 radical (unpaired) electrons. The van der Waals surface area contributed by atoms with Gasteiger partial charge >= 0.3 is 242 Å². The van der Waals surface area contributed by atoms with Crippen LogP contribution in [0.3, 0.4) is 0 Å². The fourth-order valence-electron chi connectivity index (χ4n) is 3.86. The van der Waals surface area contributed by atoms with E-state index < -0.39 is 43.5 Å². The Kier molecular flexibility index (Phi) is 13.8. The van der Waals surface area contributed by atoms with Crippen LogP contribution in [0.5, 0.6) is 0 Å². The van der Waals surface area contributed by atoms with Crippen molar-refractivity contribution in [3.8, 4) is 0 Å². The van der Waals surface area contributed by atoms with Crippen LogP contribution in [0.2, 0.25) is 0 Å². The summed E-state index contributed by atoms with van der Waals surface area (Å²) in [6.07, 6.45) is 7.51. The number of halogens is 2. The van der Waals surface area contributed by atoms with Gasteiger partial charge in [-0.1, -0.05) is 0 Å². The Bertz CT molecular complexity index is 1200. The molecule has 8 heteroatoms. The van der Waals surface area contributed by atoms with E-state index in [1.807, 2.05) is 49.1 Å². The van der Waals surface area contributed by atoms with Crippen molar-refractivity contribution in [2.45, 2.75) is 0 Å². The summed E-state index contributed by atoms with van der Waals surface area (Å²) in [6.45, 7) is 0. The van der Waals surface area contributed by atoms with E-state index in [-0.39, 0.29) is 24.8 Å². The minimum absolute atomic E-state index is 0. The van der Waals surface area contributed by atoms with Crippen molar-refractivity contribution in [1.29, 1.82) is 0 Å². The zero-order chi connectivity index (χ0) is 25.8. The minimum atomic E-state index is -2.29. The van der Waals surface area contributed by atoms with Gasteiger partial charge in [-0.2, -0.15) is 0 Å². The van der Waals surface area contributed by atoms with Crippen LogP contribution < -0.4 is 45.0 Å². The van der Waals surface area contributed by atoms with Crippen molar-refractivity contribution in [2.75, 3.05) is 0 Å². The zero-order valence-electron chi connectivity index (χ0n) is 21.5. The quantitative estimate of drug-likeness (QED) is 0.160. The molecule has 0 aliphatic rings. The van der Waals surface area contributed by atoms with Gasteiger partial charge in [-0.05, 0) is 0 Å². The fraction of sp³-hybridized carbons (Fsp3) is 0. The van der Waals surface area contributed by atoms with E-state index in [1.54, 1.807) is 0 Å². The molecule has 0 N–H and O–H groups in total. The third-order valence-electron chi connectivity index (χ3n) is 5.54. The van der Waals surface area contributed by atoms with Crippen LogP contribution in [-0.4, -0.2) is 63.4 Å². The molecule has 40 heavy (non-hydrogen) atoms. The maximum absolute atomic E-state index is 4.58. The molecule has 0 unspecified atom stereocenters. The van der Waals surface area contributed by atoms with Crippen LogP contribution in [0.15, 0.2) is 158 Å². The third-order valence-corrected chi connectivity index (χ3v) is 23.1. The van der Waals surface area contributed by atoms with Gasteiger partial charge in [0.25, 0.3) is 0 Å². The van der Waals surface area contributed by atoms with Gasteiger partial charge in [0, 0.05) is 0 Å². The van der Waals surface area contributed by atoms with Gasteiger partial charge in [0.2, 0.25) is 0 Å². The second kappa shape index (κ2) is 17.3. The van der Waals surface area contributed by atoms with Crippen molar-refractivity contribution in [1.82, 2.24) is 19.9 Å². The van der Waals surface area contributed by atoms with Gasteiger partial charge in [-0.15, -0.1) is 0 Å². The number of benzene rings is 2. The molecule has 0 spiro atoms. The Morgan fingerprint density at radius 3 is 0.775 bits per heavy atom. The molecule has 4 aromatic heterocycles. The summed E-state index contributed by atoms with van der Waals surface area (Å²) in [5, 5.41) is 0. The van der Waals surface area contributed by atoms with Gasteiger partial charge in [-0.3, -0.25) is 0 Å². The van der Waals surface area contributed by atoms with Crippen LogP contribution in [-0.2, 0) is 0 Å². The van der Waals surface area contributed by atoms with E-state index in [0.29, 0.717) is 0 Å². The maximum atomic E-state index is 4.58. The Hall–Kier alpha value is -2.61. The summed E-state index contributed by atoms with van der Waals surface area (Å²) < 4.78 is 7.72. The normalized spacial score (nSPS) is 10.1. The Labute approximate surface area is 264 Å². The third kappa shape index (κ3) is 8.69. The summed E-state index contributed by atoms with van der Waals surface area (Å²) >= 11 is -4.57. The van der Waals surface area contributed by atoms with Crippen molar-refractivity contribution in [2.24, 2.45) is 0 Å². The molecule has 0 aliphatic heterocycles. The first-order chi connectivity index (χ1) is 18.9. The van der Waals surface area contributed by atoms with Gasteiger partial charge < -0.3 is 24.8 Å². The predicted molar refractivity (Wildman–Crippen MR) is 159 cm³/mol. The number of pyridine rings is 4. The van der Waals surface area contributed by atoms with Crippen LogP contribution in [0, 0.1) is 0 Å². The van der Waals surface area contributed by atoms with E-state index >= 15 is 0 Å². The van der Waals surface area contributed by atoms with E-state index in [4.69, 9.17) is 0 Å². The number of hydrogen-bond acceptors (Lipinski definition) is 4. The molecular formula is C32H26Bi2Cl2N4-2. The molecule has 0 saturated carbocycles. The molecule has 0 fully saturated rings. The van der Waals surface area contributed by atoms with Crippen molar-refractivity contribution in [3.05, 3.63) is 158 Å². The number of rotatable bonds is 6. The summed E-state index contributed by atoms with van der Waals surface area (Å²) in [5.74, 6) is 0. The van der Waals surface area contributed by atoms with Gasteiger partial charge in [0.05, 0.1) is 0 Å². The molecule has 2 aromatic carbocycles. The number of nitrogens with zero attached hydrogens (tertiary/aromatic N) is 4. The van der Waals surface area contributed by atoms with E-state index in [0.717, 1.165) is 0 Å². The molecule has 4 heterocycles. The van der Waals surface area contributed by atoms with Gasteiger partial charge in [-0.25, -0.2) is 0 Å². The van der Waals surface area contributed by atoms with Crippen molar-refractivity contribution >= 4 is 63.7 Å². The second-order valence-electron chi connectivity index (χ2n) is 8.09. The molecule has 200 valence electrons. The topological polar surface area (TPSA) is 51.6 Å². The summed E-state index contributed by atoms with van der Waals surface area (Å²) in [7, 11) is 0. The summed E-state index contributed by atoms with van der Waals surface area (Å²) in [6, 6.07) is 46.0. The molecule has 0 saturated heterocycles. The SMILES string of the molecule is [Cl-].[Cl-].c1cc[c]([Bi]([c]2ccccn2)[c]2ccccn2)cc1.c1cc[c]([Bi]([c]2ccccn2)[c]2ccccn2)cc1. The molecule has 0 bridgehead atoms. The van der Waals surface area contributed by atoms with Crippen molar-refractivity contribution in [3.63, 3.8) is 0 Å². The summed E-state index contributed by atoms with van der Waals surface area (Å²) in [4.78, 5) is 18.3. The van der Waals surface area contributed by atoms with Crippen LogP contribution in [0.4, 0.5) is 0 Å². The molecular weight excluding hydrogens is 929 g/mol. The Morgan fingerprint density at radius 1 is 0.300 bits per heavy atom. The Balaban J connectivity index is 0.000000210. The zero-order valence-corrected chi connectivity index (χ0v) is 29.9. The Morgan fingerprint density at radius 2 is 0.550 bits per heavy atom. The first-order valence-electron chi connectivity index (χ1n) is 12.2. The van der Waals surface area contributed by atoms with E-state index in [9.17, 15) is 0 Å². The van der Waals surface area contributed by atoms with E-state index in [1.165, 1.54) is 20.2 Å². The molecule has 4 nitrogen and oxygen atoms in total. The van der Waals surface area contributed by atoms with Crippen LogP contribution >= 0.6 is 0 Å². The second-order valence-corrected chi connectivity index (χ2v) is 24.4. The fourth-order valence-corrected chi connectivity index (χ4v) is 19.9. The standard InChI is InChI=1S/2C6H5.4C5H4N.2Bi.2ClH/c6*1-2-4-6-5-3-1;;;;/h2*1-5H;4*1-4H;;;2*1H/p-2. The molecule has 0 aliphatic carbocycles. The molecule has 0 atom stereocenters. The first kappa shape index (κ1) is 31.9. The number of aromatic nitrogens is 4. The van der Waals surface area contributed by atoms with Crippen molar-refractivity contribution < 1.29 is 24.8 Å². The van der Waals surface area contributed by atoms with Gasteiger partial charge in [0.1, 0.15) is 0 Å². The number of hydrogen-bond donors (Lipinski definition) is 0. The first-order valence-corrected chi connectivity index (χ1v) is 22.7. The predicted octanol–water partition coefficient (Wildman–Crippen LogP) is -4.01. The summed E-state index contributed by atoms with van der Waals surface area (Å²) in [5.41, 5.74) is 0. The average molecular weight is 955 g/mol. The molecule has 6 aromatic rings. The molecule has 6 rings (SSSR count). The van der Waals surface area contributed by atoms with Crippen LogP contribution in [0.25, 0.3) is 0 Å². The van der Waals surface area contributed by atoms with Gasteiger partial charge in [0.15, 0.2) is 0 Å².